The second-order valence-corrected chi connectivity index (χ2v) is 3.86. The number of nitrogens with zero attached hydrogens (tertiary/aromatic N) is 3. The molecule has 0 aliphatic heterocycles. The molecule has 102 valence electrons. The molecule has 0 amide bonds. The van der Waals surface area contributed by atoms with Crippen LogP contribution in [0.5, 0.6) is 0 Å². The van der Waals surface area contributed by atoms with E-state index >= 15 is 0 Å². The minimum absolute atomic E-state index is 0.0570. The zero-order chi connectivity index (χ0) is 13.7. The van der Waals surface area contributed by atoms with E-state index in [1.165, 1.54) is 7.05 Å². The monoisotopic (exact) mass is 259 g/mol. The summed E-state index contributed by atoms with van der Waals surface area (Å²) in [4.78, 5) is 35.4. The minimum Gasteiger partial charge on any atom is -0.396 e. The first-order valence-corrected chi connectivity index (χ1v) is 5.67. The standard InChI is InChI=1S/C10H17N3O5/c1-11-8(16)12(4-2-6-14)10(18)13(9(11)17)5-3-7-15/h14-15H,2-7H2,1H3. The summed E-state index contributed by atoms with van der Waals surface area (Å²) in [6, 6.07) is 0. The van der Waals surface area contributed by atoms with Gasteiger partial charge in [0, 0.05) is 33.4 Å². The molecule has 0 spiro atoms. The normalized spacial score (nSPS) is 10.8. The highest BCUT2D eigenvalue weighted by Crippen LogP contribution is 1.83. The predicted octanol–water partition coefficient (Wildman–Crippen LogP) is -2.53. The Kier molecular flexibility index (Phi) is 5.05. The third-order valence-electron chi connectivity index (χ3n) is 2.58. The van der Waals surface area contributed by atoms with E-state index in [4.69, 9.17) is 10.2 Å². The van der Waals surface area contributed by atoms with Crippen molar-refractivity contribution in [3.05, 3.63) is 31.5 Å². The van der Waals surface area contributed by atoms with Crippen molar-refractivity contribution in [3.63, 3.8) is 0 Å². The van der Waals surface area contributed by atoms with Gasteiger partial charge in [-0.3, -0.25) is 0 Å². The van der Waals surface area contributed by atoms with Crippen molar-refractivity contribution >= 4 is 0 Å². The molecule has 0 aliphatic carbocycles. The Morgan fingerprint density at radius 2 is 1.22 bits per heavy atom. The van der Waals surface area contributed by atoms with Crippen LogP contribution in [0, 0.1) is 0 Å². The number of rotatable bonds is 6. The summed E-state index contributed by atoms with van der Waals surface area (Å²) >= 11 is 0. The average Bonchev–Trinajstić information content (AvgIpc) is 2.36. The Labute approximate surface area is 102 Å². The van der Waals surface area contributed by atoms with Gasteiger partial charge >= 0.3 is 17.1 Å². The van der Waals surface area contributed by atoms with Crippen molar-refractivity contribution in [1.82, 2.24) is 13.7 Å². The maximum atomic E-state index is 11.9. The number of aliphatic hydroxyl groups is 2. The van der Waals surface area contributed by atoms with E-state index in [9.17, 15) is 14.4 Å². The third-order valence-corrected chi connectivity index (χ3v) is 2.58. The largest absolute Gasteiger partial charge is 0.396 e. The lowest BCUT2D eigenvalue weighted by Crippen LogP contribution is -2.53. The maximum absolute atomic E-state index is 11.9. The van der Waals surface area contributed by atoms with Gasteiger partial charge in [0.15, 0.2) is 0 Å². The number of aliphatic hydroxyl groups excluding tert-OH is 2. The molecule has 0 aliphatic rings. The third kappa shape index (κ3) is 2.77. The highest BCUT2D eigenvalue weighted by molar-refractivity contribution is 4.77. The summed E-state index contributed by atoms with van der Waals surface area (Å²) in [5.41, 5.74) is -2.10. The van der Waals surface area contributed by atoms with Crippen LogP contribution in [0.2, 0.25) is 0 Å². The summed E-state index contributed by atoms with van der Waals surface area (Å²) in [6.45, 7) is -0.181. The maximum Gasteiger partial charge on any atom is 0.336 e. The number of aromatic nitrogens is 3. The first kappa shape index (κ1) is 14.4. The fourth-order valence-electron chi connectivity index (χ4n) is 1.59. The molecular formula is C10H17N3O5. The van der Waals surface area contributed by atoms with Gasteiger partial charge in [-0.15, -0.1) is 0 Å². The van der Waals surface area contributed by atoms with Crippen molar-refractivity contribution < 1.29 is 10.2 Å². The van der Waals surface area contributed by atoms with Gasteiger partial charge in [0.05, 0.1) is 0 Å². The molecule has 1 rings (SSSR count). The van der Waals surface area contributed by atoms with Crippen LogP contribution in [0.1, 0.15) is 12.8 Å². The van der Waals surface area contributed by atoms with E-state index in [0.29, 0.717) is 0 Å². The van der Waals surface area contributed by atoms with Crippen molar-refractivity contribution in [2.75, 3.05) is 13.2 Å². The lowest BCUT2D eigenvalue weighted by atomic mass is 10.4. The van der Waals surface area contributed by atoms with E-state index < -0.39 is 17.1 Å². The lowest BCUT2D eigenvalue weighted by Gasteiger charge is -2.10. The van der Waals surface area contributed by atoms with Crippen LogP contribution in [0.3, 0.4) is 0 Å². The van der Waals surface area contributed by atoms with Gasteiger partial charge < -0.3 is 10.2 Å². The second kappa shape index (κ2) is 6.31. The Morgan fingerprint density at radius 1 is 0.833 bits per heavy atom. The molecule has 2 N–H and O–H groups in total. The van der Waals surface area contributed by atoms with Gasteiger partial charge in [-0.2, -0.15) is 0 Å². The fraction of sp³-hybridized carbons (Fsp3) is 0.700. The molecule has 0 saturated heterocycles. The zero-order valence-corrected chi connectivity index (χ0v) is 10.2. The van der Waals surface area contributed by atoms with Crippen molar-refractivity contribution in [2.45, 2.75) is 25.9 Å². The van der Waals surface area contributed by atoms with E-state index in [1.54, 1.807) is 0 Å². The lowest BCUT2D eigenvalue weighted by molar-refractivity contribution is 0.269. The van der Waals surface area contributed by atoms with Crippen LogP contribution in [-0.2, 0) is 20.1 Å². The highest BCUT2D eigenvalue weighted by Gasteiger charge is 2.12. The predicted molar refractivity (Wildman–Crippen MR) is 63.6 cm³/mol. The van der Waals surface area contributed by atoms with Gasteiger partial charge in [-0.1, -0.05) is 0 Å². The van der Waals surface area contributed by atoms with Crippen molar-refractivity contribution in [3.8, 4) is 0 Å². The minimum atomic E-state index is -0.704. The Hall–Kier alpha value is -1.67. The first-order chi connectivity index (χ1) is 8.54. The molecule has 0 radical (unpaired) electrons. The van der Waals surface area contributed by atoms with E-state index in [2.05, 4.69) is 0 Å². The quantitative estimate of drug-likeness (QED) is 0.586. The van der Waals surface area contributed by atoms with Gasteiger partial charge in [0.25, 0.3) is 0 Å². The summed E-state index contributed by atoms with van der Waals surface area (Å²) in [5.74, 6) is 0. The zero-order valence-electron chi connectivity index (χ0n) is 10.2. The van der Waals surface area contributed by atoms with E-state index in [-0.39, 0.29) is 39.1 Å². The number of hydrogen-bond donors (Lipinski definition) is 2. The van der Waals surface area contributed by atoms with Crippen LogP contribution in [0.25, 0.3) is 0 Å². The molecule has 0 unspecified atom stereocenters. The molecule has 8 nitrogen and oxygen atoms in total. The van der Waals surface area contributed by atoms with Crippen LogP contribution < -0.4 is 17.1 Å². The van der Waals surface area contributed by atoms with E-state index in [1.807, 2.05) is 0 Å². The second-order valence-electron chi connectivity index (χ2n) is 3.86. The van der Waals surface area contributed by atoms with Crippen LogP contribution in [-0.4, -0.2) is 37.1 Å². The van der Waals surface area contributed by atoms with Gasteiger partial charge in [0.2, 0.25) is 0 Å². The first-order valence-electron chi connectivity index (χ1n) is 5.67. The highest BCUT2D eigenvalue weighted by atomic mass is 16.3. The van der Waals surface area contributed by atoms with Crippen molar-refractivity contribution in [1.29, 1.82) is 0 Å². The topological polar surface area (TPSA) is 106 Å². The Bertz CT molecular complexity index is 522. The van der Waals surface area contributed by atoms with Gasteiger partial charge in [0.1, 0.15) is 0 Å². The summed E-state index contributed by atoms with van der Waals surface area (Å²) < 4.78 is 2.67. The van der Waals surface area contributed by atoms with E-state index in [0.717, 1.165) is 13.7 Å². The van der Waals surface area contributed by atoms with Crippen LogP contribution >= 0.6 is 0 Å². The Morgan fingerprint density at radius 3 is 1.56 bits per heavy atom. The summed E-state index contributed by atoms with van der Waals surface area (Å²) in [6.07, 6.45) is 0.515. The van der Waals surface area contributed by atoms with Gasteiger partial charge in [-0.25, -0.2) is 28.1 Å². The fourth-order valence-corrected chi connectivity index (χ4v) is 1.59. The number of hydrogen-bond acceptors (Lipinski definition) is 5. The van der Waals surface area contributed by atoms with Crippen molar-refractivity contribution in [2.24, 2.45) is 7.05 Å². The molecule has 0 fully saturated rings. The van der Waals surface area contributed by atoms with Crippen LogP contribution in [0.4, 0.5) is 0 Å². The molecule has 1 heterocycles. The average molecular weight is 259 g/mol. The molecule has 1 aromatic rings. The molecule has 0 atom stereocenters. The SMILES string of the molecule is Cn1c(=O)n(CCCO)c(=O)n(CCCO)c1=O. The summed E-state index contributed by atoms with van der Waals surface area (Å²) in [7, 11) is 1.29. The molecule has 8 heteroatoms. The molecule has 0 saturated carbocycles. The van der Waals surface area contributed by atoms with Crippen LogP contribution in [0.15, 0.2) is 14.4 Å². The molecular weight excluding hydrogens is 242 g/mol. The smallest absolute Gasteiger partial charge is 0.336 e. The molecule has 0 bridgehead atoms. The molecule has 0 aromatic carbocycles. The summed E-state index contributed by atoms with van der Waals surface area (Å²) in [5, 5.41) is 17.4. The Balaban J connectivity index is 3.35. The van der Waals surface area contributed by atoms with Gasteiger partial charge in [-0.05, 0) is 12.8 Å². The molecule has 1 aromatic heterocycles. The molecule has 18 heavy (non-hydrogen) atoms.